The Labute approximate surface area is 151 Å². The van der Waals surface area contributed by atoms with Gasteiger partial charge in [-0.1, -0.05) is 11.6 Å². The van der Waals surface area contributed by atoms with Crippen LogP contribution in [0.4, 0.5) is 23.2 Å². The molecule has 0 bridgehead atoms. The van der Waals surface area contributed by atoms with Gasteiger partial charge in [0.05, 0.1) is 10.5 Å². The second kappa shape index (κ2) is 7.60. The molecule has 2 rings (SSSR count). The molecule has 2 aromatic rings. The van der Waals surface area contributed by atoms with Gasteiger partial charge in [0, 0.05) is 10.7 Å². The first-order valence-corrected chi connectivity index (χ1v) is 8.77. The lowest BCUT2D eigenvalue weighted by Gasteiger charge is -2.10. The largest absolute Gasteiger partial charge is 0.402 e. The van der Waals surface area contributed by atoms with E-state index >= 15 is 0 Å². The van der Waals surface area contributed by atoms with Gasteiger partial charge in [0.25, 0.3) is 5.91 Å². The van der Waals surface area contributed by atoms with Crippen molar-refractivity contribution in [1.29, 1.82) is 0 Å². The molecule has 2 aromatic carbocycles. The molecule has 2 N–H and O–H groups in total. The molecule has 11 heteroatoms. The van der Waals surface area contributed by atoms with Crippen molar-refractivity contribution in [2.75, 3.05) is 11.9 Å². The summed E-state index contributed by atoms with van der Waals surface area (Å²) in [5.74, 6) is -1.63. The maximum atomic E-state index is 13.6. The minimum absolute atomic E-state index is 0.115. The molecule has 140 valence electrons. The van der Waals surface area contributed by atoms with E-state index in [0.717, 1.165) is 36.4 Å². The predicted molar refractivity (Wildman–Crippen MR) is 87.0 cm³/mol. The fraction of sp³-hybridized carbons (Fsp3) is 0.133. The van der Waals surface area contributed by atoms with Gasteiger partial charge in [0.1, 0.15) is 12.4 Å². The van der Waals surface area contributed by atoms with E-state index in [-0.39, 0.29) is 16.3 Å². The summed E-state index contributed by atoms with van der Waals surface area (Å²) in [7, 11) is -4.36. The number of hydrogen-bond acceptors (Lipinski definition) is 3. The Hall–Kier alpha value is -2.17. The van der Waals surface area contributed by atoms with Gasteiger partial charge in [-0.2, -0.15) is 13.2 Å². The van der Waals surface area contributed by atoms with Crippen molar-refractivity contribution < 1.29 is 30.8 Å². The van der Waals surface area contributed by atoms with Crippen molar-refractivity contribution in [2.45, 2.75) is 11.1 Å². The Balaban J connectivity index is 2.12. The van der Waals surface area contributed by atoms with Crippen molar-refractivity contribution >= 4 is 33.2 Å². The van der Waals surface area contributed by atoms with Gasteiger partial charge in [-0.25, -0.2) is 17.5 Å². The first kappa shape index (κ1) is 20.1. The first-order valence-electron chi connectivity index (χ1n) is 6.91. The summed E-state index contributed by atoms with van der Waals surface area (Å²) < 4.78 is 74.9. The average molecular weight is 411 g/mol. The van der Waals surface area contributed by atoms with Crippen LogP contribution in [0.15, 0.2) is 47.4 Å². The van der Waals surface area contributed by atoms with Crippen LogP contribution in [0.5, 0.6) is 0 Å². The Morgan fingerprint density at radius 1 is 1.08 bits per heavy atom. The maximum absolute atomic E-state index is 13.6. The number of hydrogen-bond donors (Lipinski definition) is 2. The second-order valence-corrected chi connectivity index (χ2v) is 7.25. The number of rotatable bonds is 5. The molecule has 0 spiro atoms. The third-order valence-corrected chi connectivity index (χ3v) is 4.71. The van der Waals surface area contributed by atoms with Crippen LogP contribution in [0.1, 0.15) is 10.4 Å². The van der Waals surface area contributed by atoms with Gasteiger partial charge < -0.3 is 5.32 Å². The average Bonchev–Trinajstić information content (AvgIpc) is 2.55. The molecule has 0 saturated carbocycles. The molecule has 1 amide bonds. The highest BCUT2D eigenvalue weighted by molar-refractivity contribution is 7.89. The van der Waals surface area contributed by atoms with Gasteiger partial charge in [-0.05, 0) is 42.5 Å². The molecule has 26 heavy (non-hydrogen) atoms. The third kappa shape index (κ3) is 5.41. The molecule has 0 aliphatic heterocycles. The van der Waals surface area contributed by atoms with Gasteiger partial charge in [0.15, 0.2) is 0 Å². The third-order valence-electron chi connectivity index (χ3n) is 3.06. The number of alkyl halides is 3. The van der Waals surface area contributed by atoms with E-state index in [4.69, 9.17) is 11.6 Å². The van der Waals surface area contributed by atoms with Crippen LogP contribution in [0.3, 0.4) is 0 Å². The van der Waals surface area contributed by atoms with Crippen LogP contribution in [0.25, 0.3) is 0 Å². The molecule has 0 aliphatic carbocycles. The van der Waals surface area contributed by atoms with Crippen molar-refractivity contribution in [3.05, 3.63) is 58.9 Å². The number of carbonyl (C=O) groups is 1. The van der Waals surface area contributed by atoms with E-state index in [1.807, 2.05) is 0 Å². The molecule has 0 fully saturated rings. The van der Waals surface area contributed by atoms with Crippen molar-refractivity contribution in [1.82, 2.24) is 4.72 Å². The summed E-state index contributed by atoms with van der Waals surface area (Å²) in [4.78, 5) is 11.6. The van der Waals surface area contributed by atoms with Crippen LogP contribution in [0, 0.1) is 5.82 Å². The lowest BCUT2D eigenvalue weighted by molar-refractivity contribution is -0.121. The highest BCUT2D eigenvalue weighted by atomic mass is 35.5. The number of benzene rings is 2. The van der Waals surface area contributed by atoms with E-state index in [9.17, 15) is 30.8 Å². The minimum Gasteiger partial charge on any atom is -0.322 e. The number of carbonyl (C=O) groups excluding carboxylic acids is 1. The number of amides is 1. The second-order valence-electron chi connectivity index (χ2n) is 5.04. The van der Waals surface area contributed by atoms with E-state index in [1.165, 1.54) is 10.8 Å². The molecule has 0 saturated heterocycles. The zero-order valence-corrected chi connectivity index (χ0v) is 14.3. The molecular formula is C15H11ClF4N2O3S. The number of halogens is 5. The van der Waals surface area contributed by atoms with Gasteiger partial charge in [0.2, 0.25) is 10.0 Å². The Bertz CT molecular complexity index is 915. The SMILES string of the molecule is O=C(Nc1ccc(S(=O)(=O)NCC(F)(F)F)cc1)c1cc(Cl)ccc1F. The molecule has 0 radical (unpaired) electrons. The topological polar surface area (TPSA) is 75.3 Å². The van der Waals surface area contributed by atoms with Crippen LogP contribution >= 0.6 is 11.6 Å². The monoisotopic (exact) mass is 410 g/mol. The van der Waals surface area contributed by atoms with E-state index in [0.29, 0.717) is 0 Å². The molecule has 0 heterocycles. The van der Waals surface area contributed by atoms with Crippen molar-refractivity contribution in [2.24, 2.45) is 0 Å². The number of anilines is 1. The smallest absolute Gasteiger partial charge is 0.322 e. The van der Waals surface area contributed by atoms with Crippen LogP contribution in [0.2, 0.25) is 5.02 Å². The van der Waals surface area contributed by atoms with Crippen molar-refractivity contribution in [3.63, 3.8) is 0 Å². The summed E-state index contributed by atoms with van der Waals surface area (Å²) in [5, 5.41) is 2.48. The van der Waals surface area contributed by atoms with Gasteiger partial charge in [-0.3, -0.25) is 4.79 Å². The number of sulfonamides is 1. The normalized spacial score (nSPS) is 12.0. The van der Waals surface area contributed by atoms with Crippen molar-refractivity contribution in [3.8, 4) is 0 Å². The van der Waals surface area contributed by atoms with E-state index in [2.05, 4.69) is 5.32 Å². The summed E-state index contributed by atoms with van der Waals surface area (Å²) >= 11 is 5.70. The summed E-state index contributed by atoms with van der Waals surface area (Å²) in [5.41, 5.74) is -0.204. The number of nitrogens with one attached hydrogen (secondary N) is 2. The maximum Gasteiger partial charge on any atom is 0.402 e. The summed E-state index contributed by atoms with van der Waals surface area (Å²) in [6.07, 6.45) is -4.69. The van der Waals surface area contributed by atoms with Crippen LogP contribution < -0.4 is 10.0 Å². The summed E-state index contributed by atoms with van der Waals surface area (Å²) in [6.45, 7) is -1.71. The predicted octanol–water partition coefficient (Wildman–Crippen LogP) is 3.57. The molecule has 5 nitrogen and oxygen atoms in total. The highest BCUT2D eigenvalue weighted by Crippen LogP contribution is 2.19. The fourth-order valence-corrected chi connectivity index (χ4v) is 3.03. The minimum atomic E-state index is -4.69. The van der Waals surface area contributed by atoms with Crippen LogP contribution in [-0.2, 0) is 10.0 Å². The quantitative estimate of drug-likeness (QED) is 0.740. The Kier molecular flexibility index (Phi) is 5.89. The Morgan fingerprint density at radius 3 is 2.27 bits per heavy atom. The lowest BCUT2D eigenvalue weighted by Crippen LogP contribution is -2.33. The summed E-state index contributed by atoms with van der Waals surface area (Å²) in [6, 6.07) is 7.71. The van der Waals surface area contributed by atoms with E-state index < -0.39 is 39.4 Å². The molecular weight excluding hydrogens is 400 g/mol. The van der Waals surface area contributed by atoms with Crippen LogP contribution in [-0.4, -0.2) is 27.0 Å². The van der Waals surface area contributed by atoms with E-state index in [1.54, 1.807) is 0 Å². The van der Waals surface area contributed by atoms with Gasteiger partial charge >= 0.3 is 6.18 Å². The fourth-order valence-electron chi connectivity index (χ4n) is 1.85. The zero-order chi connectivity index (χ0) is 19.5. The highest BCUT2D eigenvalue weighted by Gasteiger charge is 2.30. The Morgan fingerprint density at radius 2 is 1.69 bits per heavy atom. The molecule has 0 unspecified atom stereocenters. The molecule has 0 atom stereocenters. The lowest BCUT2D eigenvalue weighted by atomic mass is 10.2. The standard InChI is InChI=1S/C15H11ClF4N2O3S/c16-9-1-6-13(17)12(7-9)14(23)22-10-2-4-11(5-3-10)26(24,25)21-8-15(18,19)20/h1-7,21H,8H2,(H,22,23). The molecule has 0 aromatic heterocycles. The zero-order valence-electron chi connectivity index (χ0n) is 12.8. The first-order chi connectivity index (χ1) is 12.0. The molecule has 0 aliphatic rings. The van der Waals surface area contributed by atoms with Gasteiger partial charge in [-0.15, -0.1) is 0 Å².